The van der Waals surface area contributed by atoms with Gasteiger partial charge in [-0.25, -0.2) is 9.59 Å². The topological polar surface area (TPSA) is 80.3 Å². The lowest BCUT2D eigenvalue weighted by atomic mass is 9.84. The number of hydrogen-bond acceptors (Lipinski definition) is 7. The summed E-state index contributed by atoms with van der Waals surface area (Å²) < 4.78 is 27.9. The number of carbonyl (C=O) groups is 2. The van der Waals surface area contributed by atoms with Crippen LogP contribution in [0, 0.1) is 0 Å². The van der Waals surface area contributed by atoms with Crippen molar-refractivity contribution in [3.8, 4) is 34.1 Å². The predicted octanol–water partition coefficient (Wildman–Crippen LogP) is 8.81. The molecule has 4 aromatic rings. The minimum Gasteiger partial charge on any atom is -0.493 e. The summed E-state index contributed by atoms with van der Waals surface area (Å²) in [7, 11) is 1.47. The molecule has 0 saturated heterocycles. The monoisotopic (exact) mass is 634 g/mol. The number of benzene rings is 4. The van der Waals surface area contributed by atoms with E-state index in [1.165, 1.54) is 56.4 Å². The number of carbonyl (C=O) groups excluding carboxylic acids is 2. The summed E-state index contributed by atoms with van der Waals surface area (Å²) in [5, 5.41) is 0. The Labute approximate surface area is 277 Å². The van der Waals surface area contributed by atoms with E-state index in [-0.39, 0.29) is 19.0 Å². The molecule has 0 spiro atoms. The van der Waals surface area contributed by atoms with Crippen LogP contribution in [0.5, 0.6) is 23.0 Å². The average molecular weight is 635 g/mol. The SMILES string of the molecule is COc1cc(C=CC(=O)OCCOc2ccc(-c3ccc(C4CCCCC4)cc3)cc2)ccc1OC(=O)C(C)(C)Oc1ccccc1. The van der Waals surface area contributed by atoms with Crippen molar-refractivity contribution in [2.75, 3.05) is 20.3 Å². The van der Waals surface area contributed by atoms with Crippen LogP contribution >= 0.6 is 0 Å². The Hall–Kier alpha value is -5.04. The van der Waals surface area contributed by atoms with E-state index in [9.17, 15) is 9.59 Å². The molecule has 7 nitrogen and oxygen atoms in total. The number of esters is 2. The van der Waals surface area contributed by atoms with Gasteiger partial charge in [0.1, 0.15) is 24.7 Å². The van der Waals surface area contributed by atoms with Crippen LogP contribution in [0.3, 0.4) is 0 Å². The van der Waals surface area contributed by atoms with Gasteiger partial charge in [0, 0.05) is 6.08 Å². The third-order valence-electron chi connectivity index (χ3n) is 8.18. The van der Waals surface area contributed by atoms with E-state index in [1.54, 1.807) is 50.3 Å². The summed E-state index contributed by atoms with van der Waals surface area (Å²) in [6, 6.07) is 30.9. The summed E-state index contributed by atoms with van der Waals surface area (Å²) in [5.74, 6) is 1.45. The van der Waals surface area contributed by atoms with Crippen molar-refractivity contribution in [2.45, 2.75) is 57.5 Å². The molecule has 244 valence electrons. The highest BCUT2D eigenvalue weighted by Gasteiger charge is 2.33. The minimum atomic E-state index is -1.23. The molecule has 5 rings (SSSR count). The van der Waals surface area contributed by atoms with Gasteiger partial charge in [-0.2, -0.15) is 0 Å². The lowest BCUT2D eigenvalue weighted by Crippen LogP contribution is -2.41. The van der Waals surface area contributed by atoms with Crippen LogP contribution in [0.2, 0.25) is 0 Å². The summed E-state index contributed by atoms with van der Waals surface area (Å²) in [5.41, 5.74) is 3.19. The number of para-hydroxylation sites is 1. The van der Waals surface area contributed by atoms with Gasteiger partial charge in [0.05, 0.1) is 7.11 Å². The zero-order chi connectivity index (χ0) is 33.1. The van der Waals surface area contributed by atoms with Gasteiger partial charge in [0.2, 0.25) is 5.60 Å². The van der Waals surface area contributed by atoms with Crippen molar-refractivity contribution in [1.29, 1.82) is 0 Å². The van der Waals surface area contributed by atoms with E-state index < -0.39 is 17.5 Å². The Morgan fingerprint density at radius 3 is 2.13 bits per heavy atom. The van der Waals surface area contributed by atoms with Crippen LogP contribution in [0.15, 0.2) is 103 Å². The molecule has 0 atom stereocenters. The van der Waals surface area contributed by atoms with Crippen molar-refractivity contribution < 1.29 is 33.3 Å². The van der Waals surface area contributed by atoms with E-state index in [2.05, 4.69) is 24.3 Å². The summed E-state index contributed by atoms with van der Waals surface area (Å²) in [6.07, 6.45) is 9.55. The van der Waals surface area contributed by atoms with Crippen LogP contribution in [0.1, 0.15) is 63.0 Å². The van der Waals surface area contributed by atoms with Gasteiger partial charge < -0.3 is 23.7 Å². The molecular weight excluding hydrogens is 592 g/mol. The Morgan fingerprint density at radius 2 is 1.45 bits per heavy atom. The molecule has 0 bridgehead atoms. The molecule has 4 aromatic carbocycles. The second kappa shape index (κ2) is 16.0. The standard InChI is InChI=1S/C40H42O7/c1-40(2,47-35-12-8-5-9-13-35)39(42)46-36-24-14-29(28-37(36)43-3)15-25-38(41)45-27-26-44-34-22-20-33(21-23-34)32-18-16-31(17-19-32)30-10-6-4-7-11-30/h5,8-9,12-25,28,30H,4,6-7,10-11,26-27H2,1-3H3. The van der Waals surface area contributed by atoms with E-state index in [1.807, 2.05) is 42.5 Å². The van der Waals surface area contributed by atoms with Gasteiger partial charge in [0.15, 0.2) is 11.5 Å². The van der Waals surface area contributed by atoms with E-state index in [4.69, 9.17) is 23.7 Å². The first-order valence-corrected chi connectivity index (χ1v) is 16.1. The minimum absolute atomic E-state index is 0.104. The van der Waals surface area contributed by atoms with Gasteiger partial charge in [-0.1, -0.05) is 79.9 Å². The highest BCUT2D eigenvalue weighted by Crippen LogP contribution is 2.34. The summed E-state index contributed by atoms with van der Waals surface area (Å²) in [4.78, 5) is 25.2. The third-order valence-corrected chi connectivity index (χ3v) is 8.18. The molecule has 1 aliphatic carbocycles. The lowest BCUT2D eigenvalue weighted by Gasteiger charge is -2.24. The van der Waals surface area contributed by atoms with Crippen LogP contribution in [-0.4, -0.2) is 37.9 Å². The fourth-order valence-corrected chi connectivity index (χ4v) is 5.56. The molecule has 0 amide bonds. The number of ether oxygens (including phenoxy) is 5. The smallest absolute Gasteiger partial charge is 0.355 e. The quantitative estimate of drug-likeness (QED) is 0.0629. The van der Waals surface area contributed by atoms with Crippen LogP contribution in [0.4, 0.5) is 0 Å². The summed E-state index contributed by atoms with van der Waals surface area (Å²) in [6.45, 7) is 3.60. The molecule has 7 heteroatoms. The van der Waals surface area contributed by atoms with Crippen molar-refractivity contribution in [3.05, 3.63) is 114 Å². The zero-order valence-electron chi connectivity index (χ0n) is 27.3. The molecule has 0 aromatic heterocycles. The van der Waals surface area contributed by atoms with Crippen molar-refractivity contribution in [3.63, 3.8) is 0 Å². The average Bonchev–Trinajstić information content (AvgIpc) is 3.10. The number of rotatable bonds is 13. The fraction of sp³-hybridized carbons (Fsp3) is 0.300. The van der Waals surface area contributed by atoms with Crippen LogP contribution < -0.4 is 18.9 Å². The van der Waals surface area contributed by atoms with E-state index >= 15 is 0 Å². The van der Waals surface area contributed by atoms with Gasteiger partial charge in [0.25, 0.3) is 0 Å². The zero-order valence-corrected chi connectivity index (χ0v) is 27.3. The molecule has 1 aliphatic rings. The number of methoxy groups -OCH3 is 1. The van der Waals surface area contributed by atoms with E-state index in [0.717, 1.165) is 5.56 Å². The normalized spacial score (nSPS) is 13.6. The Bertz CT molecular complexity index is 1630. The maximum atomic E-state index is 12.9. The van der Waals surface area contributed by atoms with Crippen molar-refractivity contribution >= 4 is 18.0 Å². The van der Waals surface area contributed by atoms with Crippen molar-refractivity contribution in [2.24, 2.45) is 0 Å². The molecule has 0 unspecified atom stereocenters. The van der Waals surface area contributed by atoms with Gasteiger partial charge in [-0.05, 0) is 97.3 Å². The van der Waals surface area contributed by atoms with Gasteiger partial charge in [-0.3, -0.25) is 0 Å². The fourth-order valence-electron chi connectivity index (χ4n) is 5.56. The maximum absolute atomic E-state index is 12.9. The van der Waals surface area contributed by atoms with Crippen molar-refractivity contribution in [1.82, 2.24) is 0 Å². The summed E-state index contributed by atoms with van der Waals surface area (Å²) >= 11 is 0. The van der Waals surface area contributed by atoms with Gasteiger partial charge in [-0.15, -0.1) is 0 Å². The molecule has 0 radical (unpaired) electrons. The maximum Gasteiger partial charge on any atom is 0.355 e. The molecule has 1 fully saturated rings. The molecule has 47 heavy (non-hydrogen) atoms. The third kappa shape index (κ3) is 9.49. The highest BCUT2D eigenvalue weighted by molar-refractivity contribution is 5.87. The Morgan fingerprint density at radius 1 is 0.766 bits per heavy atom. The lowest BCUT2D eigenvalue weighted by molar-refractivity contribution is -0.149. The Kier molecular flexibility index (Phi) is 11.3. The Balaban J connectivity index is 1.06. The molecule has 0 aliphatic heterocycles. The van der Waals surface area contributed by atoms with E-state index in [0.29, 0.717) is 28.7 Å². The second-order valence-electron chi connectivity index (χ2n) is 12.1. The van der Waals surface area contributed by atoms with Crippen LogP contribution in [0.25, 0.3) is 17.2 Å². The largest absolute Gasteiger partial charge is 0.493 e. The first kappa shape index (κ1) is 33.3. The molecule has 0 N–H and O–H groups in total. The molecule has 1 saturated carbocycles. The van der Waals surface area contributed by atoms with Gasteiger partial charge >= 0.3 is 11.9 Å². The highest BCUT2D eigenvalue weighted by atomic mass is 16.6. The number of hydrogen-bond donors (Lipinski definition) is 0. The molecular formula is C40H42O7. The molecule has 0 heterocycles. The second-order valence-corrected chi connectivity index (χ2v) is 12.1. The first-order valence-electron chi connectivity index (χ1n) is 16.1. The first-order chi connectivity index (χ1) is 22.8. The van der Waals surface area contributed by atoms with Crippen LogP contribution in [-0.2, 0) is 14.3 Å². The predicted molar refractivity (Wildman–Crippen MR) is 183 cm³/mol.